The molecule has 0 aliphatic carbocycles. The third-order valence-electron chi connectivity index (χ3n) is 3.87. The van der Waals surface area contributed by atoms with Crippen LogP contribution in [-0.2, 0) is 0 Å². The van der Waals surface area contributed by atoms with E-state index in [-0.39, 0.29) is 0 Å². The van der Waals surface area contributed by atoms with Crippen LogP contribution >= 0.6 is 0 Å². The maximum Gasteiger partial charge on any atom is 0.119 e. The highest BCUT2D eigenvalue weighted by Crippen LogP contribution is 2.22. The second-order valence-corrected chi connectivity index (χ2v) is 5.35. The normalized spacial score (nSPS) is 26.1. The molecule has 0 aromatic heterocycles. The number of piperazine rings is 1. The van der Waals surface area contributed by atoms with E-state index in [9.17, 15) is 5.11 Å². The van der Waals surface area contributed by atoms with Crippen LogP contribution in [0.3, 0.4) is 0 Å². The molecule has 4 heteroatoms. The van der Waals surface area contributed by atoms with Crippen molar-refractivity contribution < 1.29 is 9.84 Å². The van der Waals surface area contributed by atoms with Crippen LogP contribution < -0.4 is 10.1 Å². The van der Waals surface area contributed by atoms with Crippen LogP contribution in [-0.4, -0.2) is 48.8 Å². The van der Waals surface area contributed by atoms with Crippen LogP contribution in [0.1, 0.15) is 25.5 Å². The number of methoxy groups -OCH3 is 1. The average Bonchev–Trinajstić information content (AvgIpc) is 2.43. The Kier molecular flexibility index (Phi) is 4.80. The molecule has 1 aliphatic rings. The second kappa shape index (κ2) is 6.37. The molecule has 0 radical (unpaired) electrons. The van der Waals surface area contributed by atoms with Gasteiger partial charge < -0.3 is 15.2 Å². The van der Waals surface area contributed by atoms with Crippen molar-refractivity contribution in [2.45, 2.75) is 32.0 Å². The van der Waals surface area contributed by atoms with Crippen molar-refractivity contribution in [2.75, 3.05) is 26.7 Å². The second-order valence-electron chi connectivity index (χ2n) is 5.35. The Hall–Kier alpha value is -1.10. The summed E-state index contributed by atoms with van der Waals surface area (Å²) in [5.41, 5.74) is 0.914. The van der Waals surface area contributed by atoms with Gasteiger partial charge in [-0.3, -0.25) is 4.90 Å². The van der Waals surface area contributed by atoms with E-state index in [4.69, 9.17) is 4.74 Å². The summed E-state index contributed by atoms with van der Waals surface area (Å²) in [6.45, 7) is 7.02. The fourth-order valence-electron chi connectivity index (χ4n) is 2.68. The Morgan fingerprint density at radius 1 is 1.37 bits per heavy atom. The van der Waals surface area contributed by atoms with E-state index in [0.717, 1.165) is 24.4 Å². The van der Waals surface area contributed by atoms with E-state index in [1.54, 1.807) is 7.11 Å². The Morgan fingerprint density at radius 3 is 2.68 bits per heavy atom. The lowest BCUT2D eigenvalue weighted by atomic mass is 10.0. The molecule has 0 bridgehead atoms. The van der Waals surface area contributed by atoms with Gasteiger partial charge in [0.25, 0.3) is 0 Å². The molecular weight excluding hydrogens is 240 g/mol. The molecule has 2 rings (SSSR count). The molecule has 1 aromatic rings. The zero-order chi connectivity index (χ0) is 13.8. The fraction of sp³-hybridized carbons (Fsp3) is 0.600. The highest BCUT2D eigenvalue weighted by Gasteiger charge is 2.26. The van der Waals surface area contributed by atoms with Gasteiger partial charge in [0, 0.05) is 31.7 Å². The number of aliphatic hydroxyl groups excluding tert-OH is 1. The molecular formula is C15H24N2O2. The maximum absolute atomic E-state index is 10.4. The number of rotatable bonds is 4. The topological polar surface area (TPSA) is 44.7 Å². The van der Waals surface area contributed by atoms with Crippen LogP contribution in [0.25, 0.3) is 0 Å². The predicted molar refractivity (Wildman–Crippen MR) is 76.5 cm³/mol. The van der Waals surface area contributed by atoms with Crippen molar-refractivity contribution in [3.05, 3.63) is 29.8 Å². The summed E-state index contributed by atoms with van der Waals surface area (Å²) < 4.78 is 5.20. The minimum Gasteiger partial charge on any atom is -0.497 e. The van der Waals surface area contributed by atoms with Crippen LogP contribution in [0.2, 0.25) is 0 Å². The standard InChI is InChI=1S/C15H24N2O2/c1-11-8-16-9-12(2)17(11)10-15(18)13-5-4-6-14(7-13)19-3/h4-7,11-12,15-16,18H,8-10H2,1-3H3. The first-order chi connectivity index (χ1) is 9.11. The van der Waals surface area contributed by atoms with Gasteiger partial charge in [-0.2, -0.15) is 0 Å². The zero-order valence-corrected chi connectivity index (χ0v) is 12.0. The molecule has 19 heavy (non-hydrogen) atoms. The summed E-state index contributed by atoms with van der Waals surface area (Å²) in [6, 6.07) is 8.56. The first-order valence-electron chi connectivity index (χ1n) is 6.90. The molecule has 1 fully saturated rings. The number of hydrogen-bond acceptors (Lipinski definition) is 4. The number of nitrogens with one attached hydrogen (secondary N) is 1. The molecule has 0 spiro atoms. The third kappa shape index (κ3) is 3.47. The molecule has 1 aliphatic heterocycles. The number of nitrogens with zero attached hydrogens (tertiary/aromatic N) is 1. The molecule has 3 atom stereocenters. The highest BCUT2D eigenvalue weighted by molar-refractivity contribution is 5.30. The smallest absolute Gasteiger partial charge is 0.119 e. The van der Waals surface area contributed by atoms with Gasteiger partial charge in [0.05, 0.1) is 13.2 Å². The molecule has 1 saturated heterocycles. The van der Waals surface area contributed by atoms with Gasteiger partial charge in [0.15, 0.2) is 0 Å². The van der Waals surface area contributed by atoms with Crippen LogP contribution in [0.5, 0.6) is 5.75 Å². The average molecular weight is 264 g/mol. The minimum absolute atomic E-state index is 0.448. The first-order valence-corrected chi connectivity index (χ1v) is 6.90. The number of aliphatic hydroxyl groups is 1. The van der Waals surface area contributed by atoms with Gasteiger partial charge in [-0.1, -0.05) is 12.1 Å². The van der Waals surface area contributed by atoms with Gasteiger partial charge in [-0.25, -0.2) is 0 Å². The van der Waals surface area contributed by atoms with E-state index in [0.29, 0.717) is 18.6 Å². The summed E-state index contributed by atoms with van der Waals surface area (Å²) in [7, 11) is 1.64. The molecule has 1 heterocycles. The molecule has 1 aromatic carbocycles. The van der Waals surface area contributed by atoms with E-state index >= 15 is 0 Å². The van der Waals surface area contributed by atoms with Gasteiger partial charge in [-0.15, -0.1) is 0 Å². The number of ether oxygens (including phenoxy) is 1. The highest BCUT2D eigenvalue weighted by atomic mass is 16.5. The van der Waals surface area contributed by atoms with Crippen LogP contribution in [0.15, 0.2) is 24.3 Å². The Labute approximate surface area is 115 Å². The van der Waals surface area contributed by atoms with Gasteiger partial charge >= 0.3 is 0 Å². The van der Waals surface area contributed by atoms with Crippen LogP contribution in [0, 0.1) is 0 Å². The Bertz CT molecular complexity index is 401. The first kappa shape index (κ1) is 14.3. The van der Waals surface area contributed by atoms with Gasteiger partial charge in [0.1, 0.15) is 5.75 Å². The molecule has 0 saturated carbocycles. The van der Waals surface area contributed by atoms with E-state index in [1.165, 1.54) is 0 Å². The molecule has 2 N–H and O–H groups in total. The lowest BCUT2D eigenvalue weighted by Crippen LogP contribution is -2.55. The number of hydrogen-bond donors (Lipinski definition) is 2. The zero-order valence-electron chi connectivity index (χ0n) is 12.0. The fourth-order valence-corrected chi connectivity index (χ4v) is 2.68. The van der Waals surface area contributed by atoms with Crippen LogP contribution in [0.4, 0.5) is 0 Å². The van der Waals surface area contributed by atoms with Crippen molar-refractivity contribution in [1.29, 1.82) is 0 Å². The summed E-state index contributed by atoms with van der Waals surface area (Å²) in [4.78, 5) is 2.36. The van der Waals surface area contributed by atoms with Crippen molar-refractivity contribution in [3.63, 3.8) is 0 Å². The molecule has 106 valence electrons. The summed E-state index contributed by atoms with van der Waals surface area (Å²) in [6.07, 6.45) is -0.474. The molecule has 3 unspecified atom stereocenters. The maximum atomic E-state index is 10.4. The Balaban J connectivity index is 2.04. The molecule has 0 amide bonds. The SMILES string of the molecule is COc1cccc(C(O)CN2C(C)CNCC2C)c1. The van der Waals surface area contributed by atoms with Crippen molar-refractivity contribution in [1.82, 2.24) is 10.2 Å². The summed E-state index contributed by atoms with van der Waals surface area (Å²) >= 11 is 0. The number of benzene rings is 1. The van der Waals surface area contributed by atoms with E-state index in [2.05, 4.69) is 24.1 Å². The predicted octanol–water partition coefficient (Wildman–Crippen LogP) is 1.41. The monoisotopic (exact) mass is 264 g/mol. The largest absolute Gasteiger partial charge is 0.497 e. The molecule has 4 nitrogen and oxygen atoms in total. The van der Waals surface area contributed by atoms with Crippen molar-refractivity contribution >= 4 is 0 Å². The lowest BCUT2D eigenvalue weighted by molar-refractivity contribution is 0.0490. The number of β-amino-alcohol motifs (C(OH)–C–C–N with tert-alkyl or cyclic N) is 1. The summed E-state index contributed by atoms with van der Waals surface area (Å²) in [5.74, 6) is 0.790. The van der Waals surface area contributed by atoms with E-state index in [1.807, 2.05) is 24.3 Å². The quantitative estimate of drug-likeness (QED) is 0.863. The van der Waals surface area contributed by atoms with Crippen molar-refractivity contribution in [3.8, 4) is 5.75 Å². The van der Waals surface area contributed by atoms with E-state index < -0.39 is 6.10 Å². The third-order valence-corrected chi connectivity index (χ3v) is 3.87. The van der Waals surface area contributed by atoms with Gasteiger partial charge in [0.2, 0.25) is 0 Å². The van der Waals surface area contributed by atoms with Crippen molar-refractivity contribution in [2.24, 2.45) is 0 Å². The Morgan fingerprint density at radius 2 is 2.05 bits per heavy atom. The van der Waals surface area contributed by atoms with Gasteiger partial charge in [-0.05, 0) is 31.5 Å². The summed E-state index contributed by atoms with van der Waals surface area (Å²) in [5, 5.41) is 13.8. The lowest BCUT2D eigenvalue weighted by Gasteiger charge is -2.40. The minimum atomic E-state index is -0.474.